The Hall–Kier alpha value is -1.58. The molecule has 0 saturated carbocycles. The summed E-state index contributed by atoms with van der Waals surface area (Å²) >= 11 is 6.82. The lowest BCUT2D eigenvalue weighted by atomic mass is 10.2. The summed E-state index contributed by atoms with van der Waals surface area (Å²) in [6, 6.07) is 9.35. The van der Waals surface area contributed by atoms with Gasteiger partial charge < -0.3 is 11.1 Å². The van der Waals surface area contributed by atoms with Crippen molar-refractivity contribution in [3.63, 3.8) is 0 Å². The standard InChI is InChI=1S/C12H8Br2N4/c13-8-1-2-10(14)11(4-8)18-12-7(5-15)3-9(16)6-17-12/h1-4,6H,16H2,(H,17,18). The van der Waals surface area contributed by atoms with Gasteiger partial charge in [-0.15, -0.1) is 0 Å². The van der Waals surface area contributed by atoms with E-state index in [1.807, 2.05) is 18.2 Å². The molecular formula is C12H8Br2N4. The molecule has 0 atom stereocenters. The molecule has 18 heavy (non-hydrogen) atoms. The highest BCUT2D eigenvalue weighted by Gasteiger charge is 2.07. The van der Waals surface area contributed by atoms with Crippen molar-refractivity contribution in [2.45, 2.75) is 0 Å². The van der Waals surface area contributed by atoms with Crippen LogP contribution in [0, 0.1) is 11.3 Å². The maximum atomic E-state index is 9.04. The second-order valence-corrected chi connectivity index (χ2v) is 5.30. The maximum Gasteiger partial charge on any atom is 0.148 e. The lowest BCUT2D eigenvalue weighted by Crippen LogP contribution is -1.99. The molecule has 0 bridgehead atoms. The number of hydrogen-bond donors (Lipinski definition) is 2. The minimum absolute atomic E-state index is 0.405. The molecule has 2 aromatic rings. The van der Waals surface area contributed by atoms with Crippen LogP contribution in [0.3, 0.4) is 0 Å². The van der Waals surface area contributed by atoms with Crippen molar-refractivity contribution in [2.75, 3.05) is 11.1 Å². The van der Waals surface area contributed by atoms with Crippen LogP contribution in [0.5, 0.6) is 0 Å². The first-order valence-electron chi connectivity index (χ1n) is 4.98. The summed E-state index contributed by atoms with van der Waals surface area (Å²) in [6.45, 7) is 0. The van der Waals surface area contributed by atoms with E-state index in [9.17, 15) is 0 Å². The Morgan fingerprint density at radius 1 is 1.28 bits per heavy atom. The van der Waals surface area contributed by atoms with Crippen LogP contribution >= 0.6 is 31.9 Å². The molecule has 2 rings (SSSR count). The molecule has 90 valence electrons. The van der Waals surface area contributed by atoms with Crippen molar-refractivity contribution in [1.82, 2.24) is 4.98 Å². The second kappa shape index (κ2) is 5.38. The number of halogens is 2. The van der Waals surface area contributed by atoms with Gasteiger partial charge in [0.15, 0.2) is 0 Å². The van der Waals surface area contributed by atoms with Crippen molar-refractivity contribution in [3.05, 3.63) is 45.0 Å². The number of nitrogens with one attached hydrogen (secondary N) is 1. The van der Waals surface area contributed by atoms with E-state index in [-0.39, 0.29) is 0 Å². The zero-order valence-corrected chi connectivity index (χ0v) is 12.3. The SMILES string of the molecule is N#Cc1cc(N)cnc1Nc1cc(Br)ccc1Br. The number of nitrogen functional groups attached to an aromatic ring is 1. The maximum absolute atomic E-state index is 9.04. The molecule has 0 radical (unpaired) electrons. The Morgan fingerprint density at radius 2 is 2.06 bits per heavy atom. The third-order valence-corrected chi connectivity index (χ3v) is 3.40. The van der Waals surface area contributed by atoms with E-state index >= 15 is 0 Å². The average Bonchev–Trinajstić information content (AvgIpc) is 2.36. The van der Waals surface area contributed by atoms with E-state index in [2.05, 4.69) is 48.2 Å². The number of nitrogens with two attached hydrogens (primary N) is 1. The highest BCUT2D eigenvalue weighted by atomic mass is 79.9. The van der Waals surface area contributed by atoms with Crippen LogP contribution in [0.15, 0.2) is 39.4 Å². The molecule has 0 saturated heterocycles. The van der Waals surface area contributed by atoms with Gasteiger partial charge in [0.05, 0.1) is 23.1 Å². The zero-order valence-electron chi connectivity index (χ0n) is 9.11. The Kier molecular flexibility index (Phi) is 3.84. The number of benzene rings is 1. The minimum Gasteiger partial charge on any atom is -0.397 e. The molecule has 1 aromatic carbocycles. The van der Waals surface area contributed by atoms with Crippen molar-refractivity contribution < 1.29 is 0 Å². The Morgan fingerprint density at radius 3 is 2.78 bits per heavy atom. The number of rotatable bonds is 2. The summed E-state index contributed by atoms with van der Waals surface area (Å²) in [5.74, 6) is 0.477. The fourth-order valence-electron chi connectivity index (χ4n) is 1.39. The van der Waals surface area contributed by atoms with Gasteiger partial charge in [0.2, 0.25) is 0 Å². The third-order valence-electron chi connectivity index (χ3n) is 2.21. The molecule has 6 heteroatoms. The monoisotopic (exact) mass is 366 g/mol. The highest BCUT2D eigenvalue weighted by Crippen LogP contribution is 2.29. The van der Waals surface area contributed by atoms with Gasteiger partial charge in [-0.2, -0.15) is 5.26 Å². The molecule has 0 amide bonds. The fraction of sp³-hybridized carbons (Fsp3) is 0. The molecule has 0 spiro atoms. The lowest BCUT2D eigenvalue weighted by molar-refractivity contribution is 1.28. The predicted molar refractivity (Wildman–Crippen MR) is 78.5 cm³/mol. The van der Waals surface area contributed by atoms with E-state index < -0.39 is 0 Å². The summed E-state index contributed by atoms with van der Waals surface area (Å²) in [5, 5.41) is 12.1. The number of aromatic nitrogens is 1. The van der Waals surface area contributed by atoms with Gasteiger partial charge in [-0.3, -0.25) is 0 Å². The van der Waals surface area contributed by atoms with Crippen LogP contribution in [0.2, 0.25) is 0 Å². The van der Waals surface area contributed by atoms with Gasteiger partial charge >= 0.3 is 0 Å². The second-order valence-electron chi connectivity index (χ2n) is 3.53. The molecule has 0 aliphatic carbocycles. The number of anilines is 3. The van der Waals surface area contributed by atoms with Crippen LogP contribution in [-0.2, 0) is 0 Å². The largest absolute Gasteiger partial charge is 0.397 e. The molecule has 4 nitrogen and oxygen atoms in total. The first-order valence-corrected chi connectivity index (χ1v) is 6.56. The molecular weight excluding hydrogens is 360 g/mol. The van der Waals surface area contributed by atoms with Gasteiger partial charge in [-0.1, -0.05) is 15.9 Å². The smallest absolute Gasteiger partial charge is 0.148 e. The van der Waals surface area contributed by atoms with Gasteiger partial charge in [-0.05, 0) is 40.2 Å². The van der Waals surface area contributed by atoms with Crippen molar-refractivity contribution >= 4 is 49.1 Å². The first-order chi connectivity index (χ1) is 8.60. The van der Waals surface area contributed by atoms with Crippen LogP contribution in [-0.4, -0.2) is 4.98 Å². The van der Waals surface area contributed by atoms with Gasteiger partial charge in [0.25, 0.3) is 0 Å². The van der Waals surface area contributed by atoms with Crippen LogP contribution < -0.4 is 11.1 Å². The van der Waals surface area contributed by atoms with E-state index in [4.69, 9.17) is 11.0 Å². The molecule has 1 heterocycles. The van der Waals surface area contributed by atoms with Crippen molar-refractivity contribution in [1.29, 1.82) is 5.26 Å². The third kappa shape index (κ3) is 2.81. The number of pyridine rings is 1. The Bertz CT molecular complexity index is 634. The van der Waals surface area contributed by atoms with E-state index in [1.54, 1.807) is 6.07 Å². The summed E-state index contributed by atoms with van der Waals surface area (Å²) in [7, 11) is 0. The zero-order chi connectivity index (χ0) is 13.1. The minimum atomic E-state index is 0.405. The van der Waals surface area contributed by atoms with Crippen LogP contribution in [0.25, 0.3) is 0 Å². The number of nitriles is 1. The normalized spacial score (nSPS) is 9.83. The fourth-order valence-corrected chi connectivity index (χ4v) is 2.09. The molecule has 3 N–H and O–H groups in total. The summed E-state index contributed by atoms with van der Waals surface area (Å²) in [6.07, 6.45) is 1.51. The molecule has 0 unspecified atom stereocenters. The van der Waals surface area contributed by atoms with Crippen molar-refractivity contribution in [3.8, 4) is 6.07 Å². The summed E-state index contributed by atoms with van der Waals surface area (Å²) in [5.41, 5.74) is 7.28. The highest BCUT2D eigenvalue weighted by molar-refractivity contribution is 9.11. The van der Waals surface area contributed by atoms with E-state index in [0.29, 0.717) is 17.1 Å². The molecule has 0 aliphatic heterocycles. The Labute approximate surface area is 121 Å². The molecule has 1 aromatic heterocycles. The molecule has 0 aliphatic rings. The van der Waals surface area contributed by atoms with E-state index in [1.165, 1.54) is 6.20 Å². The van der Waals surface area contributed by atoms with Crippen LogP contribution in [0.1, 0.15) is 5.56 Å². The summed E-state index contributed by atoms with van der Waals surface area (Å²) in [4.78, 5) is 4.12. The van der Waals surface area contributed by atoms with Gasteiger partial charge in [0, 0.05) is 8.95 Å². The quantitative estimate of drug-likeness (QED) is 0.846. The lowest BCUT2D eigenvalue weighted by Gasteiger charge is -2.09. The van der Waals surface area contributed by atoms with Gasteiger partial charge in [0.1, 0.15) is 11.9 Å². The Balaban J connectivity index is 2.40. The predicted octanol–water partition coefficient (Wildman–Crippen LogP) is 3.80. The van der Waals surface area contributed by atoms with Crippen molar-refractivity contribution in [2.24, 2.45) is 0 Å². The van der Waals surface area contributed by atoms with E-state index in [0.717, 1.165) is 14.6 Å². The first kappa shape index (κ1) is 12.9. The summed E-state index contributed by atoms with van der Waals surface area (Å²) < 4.78 is 1.82. The van der Waals surface area contributed by atoms with Gasteiger partial charge in [-0.25, -0.2) is 4.98 Å². The van der Waals surface area contributed by atoms with Crippen LogP contribution in [0.4, 0.5) is 17.2 Å². The topological polar surface area (TPSA) is 74.7 Å². The number of hydrogen-bond acceptors (Lipinski definition) is 4. The average molecular weight is 368 g/mol. The number of nitrogens with zero attached hydrogens (tertiary/aromatic N) is 2. The molecule has 0 fully saturated rings.